The van der Waals surface area contributed by atoms with E-state index in [2.05, 4.69) is 0 Å². The lowest BCUT2D eigenvalue weighted by Crippen LogP contribution is -2.27. The normalized spacial score (nSPS) is 16.3. The molecule has 0 N–H and O–H groups in total. The van der Waals surface area contributed by atoms with Crippen LogP contribution in [-0.2, 0) is 11.3 Å². The van der Waals surface area contributed by atoms with E-state index < -0.39 is 4.92 Å². The van der Waals surface area contributed by atoms with Gasteiger partial charge in [-0.25, -0.2) is 0 Å². The highest BCUT2D eigenvalue weighted by atomic mass is 32.2. The first-order valence-corrected chi connectivity index (χ1v) is 8.31. The summed E-state index contributed by atoms with van der Waals surface area (Å²) in [5.74, 6) is -0.343. The quantitative estimate of drug-likeness (QED) is 0.476. The van der Waals surface area contributed by atoms with Crippen molar-refractivity contribution in [3.8, 4) is 0 Å². The van der Waals surface area contributed by atoms with Gasteiger partial charge in [-0.2, -0.15) is 11.3 Å². The van der Waals surface area contributed by atoms with Gasteiger partial charge < -0.3 is 0 Å². The molecule has 0 spiro atoms. The van der Waals surface area contributed by atoms with Crippen molar-refractivity contribution in [2.45, 2.75) is 6.54 Å². The van der Waals surface area contributed by atoms with E-state index in [0.717, 1.165) is 22.2 Å². The Bertz CT molecular complexity index is 797. The molecule has 1 aromatic carbocycles. The van der Waals surface area contributed by atoms with Crippen LogP contribution < -0.4 is 0 Å². The van der Waals surface area contributed by atoms with Crippen LogP contribution in [0.4, 0.5) is 10.5 Å². The average Bonchev–Trinajstić information content (AvgIpc) is 3.12. The van der Waals surface area contributed by atoms with Crippen LogP contribution in [-0.4, -0.2) is 21.0 Å². The highest BCUT2D eigenvalue weighted by molar-refractivity contribution is 8.18. The number of carbonyl (C=O) groups is 2. The number of hydrogen-bond donors (Lipinski definition) is 0. The summed E-state index contributed by atoms with van der Waals surface area (Å²) in [6.07, 6.45) is 1.69. The van der Waals surface area contributed by atoms with E-state index in [1.54, 1.807) is 18.2 Å². The van der Waals surface area contributed by atoms with Gasteiger partial charge in [0.1, 0.15) is 0 Å². The Balaban J connectivity index is 1.77. The molecule has 23 heavy (non-hydrogen) atoms. The second-order valence-corrected chi connectivity index (χ2v) is 6.52. The van der Waals surface area contributed by atoms with E-state index in [1.807, 2.05) is 16.8 Å². The Morgan fingerprint density at radius 1 is 1.17 bits per heavy atom. The minimum Gasteiger partial charge on any atom is -0.268 e. The van der Waals surface area contributed by atoms with Gasteiger partial charge in [-0.1, -0.05) is 12.1 Å². The molecule has 1 aliphatic heterocycles. The van der Waals surface area contributed by atoms with Crippen LogP contribution in [0.3, 0.4) is 0 Å². The first-order chi connectivity index (χ1) is 11.0. The fourth-order valence-electron chi connectivity index (χ4n) is 2.05. The number of amides is 2. The number of thioether (sulfide) groups is 1. The number of imide groups is 1. The van der Waals surface area contributed by atoms with Gasteiger partial charge in [0.2, 0.25) is 0 Å². The van der Waals surface area contributed by atoms with Gasteiger partial charge in [-0.15, -0.1) is 0 Å². The minimum absolute atomic E-state index is 0.0276. The fraction of sp³-hybridized carbons (Fsp3) is 0.0667. The second-order valence-electron chi connectivity index (χ2n) is 4.75. The largest absolute Gasteiger partial charge is 0.293 e. The monoisotopic (exact) mass is 346 g/mol. The Kier molecular flexibility index (Phi) is 4.26. The second kappa shape index (κ2) is 6.35. The predicted octanol–water partition coefficient (Wildman–Crippen LogP) is 3.89. The van der Waals surface area contributed by atoms with E-state index in [1.165, 1.54) is 23.5 Å². The van der Waals surface area contributed by atoms with Crippen LogP contribution in [0.2, 0.25) is 0 Å². The van der Waals surface area contributed by atoms with Crippen molar-refractivity contribution in [3.05, 3.63) is 67.2 Å². The number of nitro benzene ring substituents is 1. The zero-order chi connectivity index (χ0) is 16.4. The zero-order valence-electron chi connectivity index (χ0n) is 11.7. The number of hydrogen-bond acceptors (Lipinski definition) is 6. The van der Waals surface area contributed by atoms with Gasteiger partial charge in [0.05, 0.1) is 16.4 Å². The van der Waals surface area contributed by atoms with E-state index in [4.69, 9.17) is 0 Å². The van der Waals surface area contributed by atoms with Crippen molar-refractivity contribution < 1.29 is 14.5 Å². The summed E-state index contributed by atoms with van der Waals surface area (Å²) < 4.78 is 0. The number of nitro groups is 1. The molecule has 2 aromatic rings. The zero-order valence-corrected chi connectivity index (χ0v) is 13.3. The minimum atomic E-state index is -0.493. The smallest absolute Gasteiger partial charge is 0.268 e. The first-order valence-electron chi connectivity index (χ1n) is 6.55. The van der Waals surface area contributed by atoms with Crippen molar-refractivity contribution in [3.63, 3.8) is 0 Å². The molecule has 1 aromatic heterocycles. The van der Waals surface area contributed by atoms with Crippen LogP contribution in [0.15, 0.2) is 46.0 Å². The van der Waals surface area contributed by atoms with E-state index in [-0.39, 0.29) is 23.4 Å². The number of rotatable bonds is 4. The third-order valence-corrected chi connectivity index (χ3v) is 4.81. The molecule has 6 nitrogen and oxygen atoms in total. The summed E-state index contributed by atoms with van der Waals surface area (Å²) >= 11 is 2.42. The van der Waals surface area contributed by atoms with E-state index >= 15 is 0 Å². The summed E-state index contributed by atoms with van der Waals surface area (Å²) in [4.78, 5) is 36.0. The van der Waals surface area contributed by atoms with Crippen LogP contribution >= 0.6 is 23.1 Å². The molecule has 1 fully saturated rings. The predicted molar refractivity (Wildman–Crippen MR) is 88.9 cm³/mol. The number of nitrogens with zero attached hydrogens (tertiary/aromatic N) is 2. The molecule has 0 bridgehead atoms. The number of carbonyl (C=O) groups excluding carboxylic acids is 2. The molecule has 0 atom stereocenters. The van der Waals surface area contributed by atoms with Crippen LogP contribution in [0.1, 0.15) is 11.1 Å². The maximum Gasteiger partial charge on any atom is 0.293 e. The molecule has 2 amide bonds. The van der Waals surface area contributed by atoms with Crippen molar-refractivity contribution in [1.29, 1.82) is 0 Å². The average molecular weight is 346 g/mol. The molecule has 3 rings (SSSR count). The molecule has 0 unspecified atom stereocenters. The van der Waals surface area contributed by atoms with Crippen molar-refractivity contribution in [1.82, 2.24) is 4.90 Å². The number of non-ortho nitro benzene ring substituents is 1. The summed E-state index contributed by atoms with van der Waals surface area (Å²) in [7, 11) is 0. The summed E-state index contributed by atoms with van der Waals surface area (Å²) in [5, 5.41) is 14.1. The Labute approximate surface area is 139 Å². The Morgan fingerprint density at radius 3 is 2.52 bits per heavy atom. The molecule has 0 saturated carbocycles. The highest BCUT2D eigenvalue weighted by Crippen LogP contribution is 2.33. The molecule has 1 saturated heterocycles. The molecular formula is C15H10N2O4S2. The lowest BCUT2D eigenvalue weighted by molar-refractivity contribution is -0.384. The standard InChI is InChI=1S/C15H10N2O4S2/c18-14-13(7-11-5-6-22-9-11)23-15(19)16(14)8-10-1-3-12(4-2-10)17(20)21/h1-7,9H,8H2/b13-7-. The lowest BCUT2D eigenvalue weighted by atomic mass is 10.2. The Hall–Kier alpha value is -2.45. The topological polar surface area (TPSA) is 80.5 Å². The van der Waals surface area contributed by atoms with Crippen LogP contribution in [0.25, 0.3) is 6.08 Å². The van der Waals surface area contributed by atoms with Gasteiger partial charge in [0.25, 0.3) is 16.8 Å². The fourth-order valence-corrected chi connectivity index (χ4v) is 3.51. The van der Waals surface area contributed by atoms with Gasteiger partial charge >= 0.3 is 0 Å². The molecule has 0 radical (unpaired) electrons. The highest BCUT2D eigenvalue weighted by Gasteiger charge is 2.35. The van der Waals surface area contributed by atoms with Gasteiger partial charge in [0.15, 0.2) is 0 Å². The number of thiophene rings is 1. The lowest BCUT2D eigenvalue weighted by Gasteiger charge is -2.12. The molecule has 116 valence electrons. The van der Waals surface area contributed by atoms with Gasteiger partial charge in [-0.3, -0.25) is 24.6 Å². The summed E-state index contributed by atoms with van der Waals surface area (Å²) in [5.41, 5.74) is 1.52. The molecule has 8 heteroatoms. The SMILES string of the molecule is O=C1S/C(=C\c2ccsc2)C(=O)N1Cc1ccc([N+](=O)[O-])cc1. The van der Waals surface area contributed by atoms with E-state index in [0.29, 0.717) is 10.5 Å². The maximum absolute atomic E-state index is 12.3. The molecular weight excluding hydrogens is 336 g/mol. The molecule has 1 aliphatic rings. The van der Waals surface area contributed by atoms with Crippen molar-refractivity contribution >= 4 is 46.0 Å². The third kappa shape index (κ3) is 3.33. The Morgan fingerprint density at radius 2 is 1.91 bits per heavy atom. The van der Waals surface area contributed by atoms with Crippen molar-refractivity contribution in [2.75, 3.05) is 0 Å². The van der Waals surface area contributed by atoms with Crippen molar-refractivity contribution in [2.24, 2.45) is 0 Å². The van der Waals surface area contributed by atoms with Crippen LogP contribution in [0.5, 0.6) is 0 Å². The molecule has 0 aliphatic carbocycles. The summed E-state index contributed by atoms with van der Waals surface area (Å²) in [6.45, 7) is 0.101. The van der Waals surface area contributed by atoms with E-state index in [9.17, 15) is 19.7 Å². The van der Waals surface area contributed by atoms with Gasteiger partial charge in [-0.05, 0) is 45.8 Å². The van der Waals surface area contributed by atoms with Crippen LogP contribution in [0, 0.1) is 10.1 Å². The number of benzene rings is 1. The molecule has 2 heterocycles. The van der Waals surface area contributed by atoms with Gasteiger partial charge in [0, 0.05) is 12.1 Å². The third-order valence-electron chi connectivity index (χ3n) is 3.20. The maximum atomic E-state index is 12.3. The first kappa shape index (κ1) is 15.4. The summed E-state index contributed by atoms with van der Waals surface area (Å²) in [6, 6.07) is 7.67.